The number of aliphatic hydroxyl groups is 1. The van der Waals surface area contributed by atoms with Crippen LogP contribution in [0.2, 0.25) is 0 Å². The maximum absolute atomic E-state index is 12.5. The first kappa shape index (κ1) is 17.0. The second-order valence-electron chi connectivity index (χ2n) is 7.23. The first-order chi connectivity index (χ1) is 11.3. The minimum Gasteiger partial charge on any atom is -0.384 e. The Bertz CT molecular complexity index is 625. The average molecular weight is 335 g/mol. The van der Waals surface area contributed by atoms with Crippen LogP contribution in [0.25, 0.3) is 0 Å². The van der Waals surface area contributed by atoms with Crippen LogP contribution in [0.3, 0.4) is 0 Å². The van der Waals surface area contributed by atoms with Crippen molar-refractivity contribution in [2.24, 2.45) is 5.41 Å². The standard InChI is InChI=1S/C17H25N3O4/c1-11-14(13(3)24-18-11)9-20-10-17(8-15(20)22)4-6-19(7-5-17)16(23)12(2)21/h12,21H,4-10H2,1-3H3/t12-/m0/s1. The van der Waals surface area contributed by atoms with Crippen LogP contribution in [0.1, 0.15) is 43.2 Å². The minimum absolute atomic E-state index is 0.0501. The van der Waals surface area contributed by atoms with E-state index in [1.165, 1.54) is 6.92 Å². The summed E-state index contributed by atoms with van der Waals surface area (Å²) >= 11 is 0. The van der Waals surface area contributed by atoms with Crippen molar-refractivity contribution in [2.45, 2.75) is 52.7 Å². The summed E-state index contributed by atoms with van der Waals surface area (Å²) in [5.74, 6) is 0.700. The predicted molar refractivity (Wildman–Crippen MR) is 85.9 cm³/mol. The van der Waals surface area contributed by atoms with Gasteiger partial charge in [0.1, 0.15) is 11.9 Å². The van der Waals surface area contributed by atoms with E-state index in [2.05, 4.69) is 5.16 Å². The van der Waals surface area contributed by atoms with Gasteiger partial charge in [0.15, 0.2) is 0 Å². The third-order valence-corrected chi connectivity index (χ3v) is 5.43. The fraction of sp³-hybridized carbons (Fsp3) is 0.706. The van der Waals surface area contributed by atoms with Crippen molar-refractivity contribution in [2.75, 3.05) is 19.6 Å². The molecule has 132 valence electrons. The van der Waals surface area contributed by atoms with Crippen LogP contribution in [0.4, 0.5) is 0 Å². The molecule has 2 amide bonds. The maximum atomic E-state index is 12.5. The normalized spacial score (nSPS) is 21.6. The summed E-state index contributed by atoms with van der Waals surface area (Å²) < 4.78 is 5.18. The van der Waals surface area contributed by atoms with Crippen LogP contribution >= 0.6 is 0 Å². The molecule has 0 aromatic carbocycles. The number of aryl methyl sites for hydroxylation is 2. The fourth-order valence-electron chi connectivity index (χ4n) is 3.84. The molecule has 1 aromatic rings. The first-order valence-corrected chi connectivity index (χ1v) is 8.48. The lowest BCUT2D eigenvalue weighted by Gasteiger charge is -2.39. The zero-order valence-corrected chi connectivity index (χ0v) is 14.5. The molecule has 1 atom stereocenters. The molecular weight excluding hydrogens is 310 g/mol. The summed E-state index contributed by atoms with van der Waals surface area (Å²) in [6.07, 6.45) is 1.18. The van der Waals surface area contributed by atoms with E-state index in [4.69, 9.17) is 4.52 Å². The number of carbonyl (C=O) groups is 2. The van der Waals surface area contributed by atoms with Gasteiger partial charge in [-0.2, -0.15) is 0 Å². The van der Waals surface area contributed by atoms with Gasteiger partial charge in [-0.3, -0.25) is 9.59 Å². The first-order valence-electron chi connectivity index (χ1n) is 8.48. The van der Waals surface area contributed by atoms with Gasteiger partial charge in [0.05, 0.1) is 12.2 Å². The van der Waals surface area contributed by atoms with Gasteiger partial charge in [-0.1, -0.05) is 5.16 Å². The molecule has 0 bridgehead atoms. The van der Waals surface area contributed by atoms with Crippen LogP contribution in [0.15, 0.2) is 4.52 Å². The van der Waals surface area contributed by atoms with Crippen LogP contribution < -0.4 is 0 Å². The highest BCUT2D eigenvalue weighted by Crippen LogP contribution is 2.41. The van der Waals surface area contributed by atoms with Crippen molar-refractivity contribution in [3.8, 4) is 0 Å². The highest BCUT2D eigenvalue weighted by Gasteiger charge is 2.45. The average Bonchev–Trinajstić information content (AvgIpc) is 3.01. The number of nitrogens with zero attached hydrogens (tertiary/aromatic N) is 3. The fourth-order valence-corrected chi connectivity index (χ4v) is 3.84. The van der Waals surface area contributed by atoms with E-state index in [1.807, 2.05) is 18.7 Å². The van der Waals surface area contributed by atoms with Crippen LogP contribution in [0, 0.1) is 19.3 Å². The van der Waals surface area contributed by atoms with Crippen molar-refractivity contribution in [3.05, 3.63) is 17.0 Å². The predicted octanol–water partition coefficient (Wildman–Crippen LogP) is 1.01. The SMILES string of the molecule is Cc1noc(C)c1CN1CC2(CCN(C(=O)[C@H](C)O)CC2)CC1=O. The number of amides is 2. The van der Waals surface area contributed by atoms with Crippen LogP contribution in [0.5, 0.6) is 0 Å². The number of aromatic nitrogens is 1. The van der Waals surface area contributed by atoms with Gasteiger partial charge >= 0.3 is 0 Å². The van der Waals surface area contributed by atoms with Gasteiger partial charge in [-0.15, -0.1) is 0 Å². The summed E-state index contributed by atoms with van der Waals surface area (Å²) in [7, 11) is 0. The monoisotopic (exact) mass is 335 g/mol. The Morgan fingerprint density at radius 2 is 2.04 bits per heavy atom. The number of carbonyl (C=O) groups excluding carboxylic acids is 2. The maximum Gasteiger partial charge on any atom is 0.251 e. The number of rotatable bonds is 3. The molecule has 1 N–H and O–H groups in total. The molecule has 3 heterocycles. The number of aliphatic hydroxyl groups excluding tert-OH is 1. The van der Waals surface area contributed by atoms with E-state index in [0.717, 1.165) is 29.9 Å². The smallest absolute Gasteiger partial charge is 0.251 e. The van der Waals surface area contributed by atoms with Crippen molar-refractivity contribution in [1.82, 2.24) is 15.0 Å². The molecule has 7 nitrogen and oxygen atoms in total. The van der Waals surface area contributed by atoms with Crippen LogP contribution in [-0.2, 0) is 16.1 Å². The van der Waals surface area contributed by atoms with Crippen LogP contribution in [-0.4, -0.2) is 57.6 Å². The summed E-state index contributed by atoms with van der Waals surface area (Å²) in [5.41, 5.74) is 1.77. The number of hydrogen-bond donors (Lipinski definition) is 1. The molecular formula is C17H25N3O4. The highest BCUT2D eigenvalue weighted by atomic mass is 16.5. The summed E-state index contributed by atoms with van der Waals surface area (Å²) in [5, 5.41) is 13.4. The van der Waals surface area contributed by atoms with Crippen molar-refractivity contribution in [3.63, 3.8) is 0 Å². The Kier molecular flexibility index (Phi) is 4.38. The van der Waals surface area contributed by atoms with E-state index < -0.39 is 6.10 Å². The Labute approximate surface area is 141 Å². The quantitative estimate of drug-likeness (QED) is 0.891. The molecule has 0 aliphatic carbocycles. The topological polar surface area (TPSA) is 86.9 Å². The summed E-state index contributed by atoms with van der Waals surface area (Å²) in [4.78, 5) is 28.0. The van der Waals surface area contributed by atoms with Gasteiger partial charge in [-0.05, 0) is 33.6 Å². The molecule has 0 radical (unpaired) electrons. The van der Waals surface area contributed by atoms with Gasteiger partial charge in [-0.25, -0.2) is 0 Å². The minimum atomic E-state index is -0.958. The van der Waals surface area contributed by atoms with Crippen molar-refractivity contribution >= 4 is 11.8 Å². The molecule has 2 aliphatic rings. The zero-order valence-electron chi connectivity index (χ0n) is 14.5. The summed E-state index contributed by atoms with van der Waals surface area (Å²) in [6, 6.07) is 0. The number of hydrogen-bond acceptors (Lipinski definition) is 5. The molecule has 2 aliphatic heterocycles. The zero-order chi connectivity index (χ0) is 17.5. The van der Waals surface area contributed by atoms with Gasteiger partial charge in [0.25, 0.3) is 5.91 Å². The van der Waals surface area contributed by atoms with E-state index in [-0.39, 0.29) is 17.2 Å². The van der Waals surface area contributed by atoms with E-state index in [0.29, 0.717) is 32.6 Å². The third-order valence-electron chi connectivity index (χ3n) is 5.43. The highest BCUT2D eigenvalue weighted by molar-refractivity contribution is 5.81. The Balaban J connectivity index is 1.64. The number of piperidine rings is 1. The molecule has 2 fully saturated rings. The number of likely N-dealkylation sites (tertiary alicyclic amines) is 2. The lowest BCUT2D eigenvalue weighted by atomic mass is 9.77. The van der Waals surface area contributed by atoms with Gasteiger partial charge in [0.2, 0.25) is 5.91 Å². The van der Waals surface area contributed by atoms with Gasteiger partial charge < -0.3 is 19.4 Å². The van der Waals surface area contributed by atoms with Crippen molar-refractivity contribution in [1.29, 1.82) is 0 Å². The molecule has 7 heteroatoms. The molecule has 1 aromatic heterocycles. The molecule has 24 heavy (non-hydrogen) atoms. The molecule has 2 saturated heterocycles. The summed E-state index contributed by atoms with van der Waals surface area (Å²) in [6.45, 7) is 7.72. The Hall–Kier alpha value is -1.89. The molecule has 1 spiro atoms. The molecule has 3 rings (SSSR count). The third kappa shape index (κ3) is 3.05. The van der Waals surface area contributed by atoms with E-state index in [1.54, 1.807) is 4.90 Å². The largest absolute Gasteiger partial charge is 0.384 e. The Morgan fingerprint density at radius 1 is 1.38 bits per heavy atom. The molecule has 0 unspecified atom stereocenters. The van der Waals surface area contributed by atoms with E-state index in [9.17, 15) is 14.7 Å². The lowest BCUT2D eigenvalue weighted by molar-refractivity contribution is -0.141. The van der Waals surface area contributed by atoms with Crippen molar-refractivity contribution < 1.29 is 19.2 Å². The second kappa shape index (κ2) is 6.20. The van der Waals surface area contributed by atoms with E-state index >= 15 is 0 Å². The Morgan fingerprint density at radius 3 is 2.58 bits per heavy atom. The van der Waals surface area contributed by atoms with Gasteiger partial charge in [0, 0.05) is 37.0 Å². The lowest BCUT2D eigenvalue weighted by Crippen LogP contribution is -2.47. The molecule has 0 saturated carbocycles. The second-order valence-corrected chi connectivity index (χ2v) is 7.23.